The van der Waals surface area contributed by atoms with Crippen molar-refractivity contribution in [2.75, 3.05) is 11.9 Å². The molecule has 0 saturated carbocycles. The highest BCUT2D eigenvalue weighted by Gasteiger charge is 2.29. The van der Waals surface area contributed by atoms with E-state index in [0.717, 1.165) is 0 Å². The lowest BCUT2D eigenvalue weighted by Crippen LogP contribution is -2.29. The van der Waals surface area contributed by atoms with E-state index in [2.05, 4.69) is 5.32 Å². The van der Waals surface area contributed by atoms with Gasteiger partial charge in [-0.25, -0.2) is 9.18 Å². The van der Waals surface area contributed by atoms with Gasteiger partial charge in [-0.05, 0) is 19.1 Å². The molecule has 0 amide bonds. The highest BCUT2D eigenvalue weighted by atomic mass is 19.1. The van der Waals surface area contributed by atoms with Crippen LogP contribution >= 0.6 is 0 Å². The Balaban J connectivity index is 2.15. The maximum atomic E-state index is 13.3. The first-order chi connectivity index (χ1) is 7.22. The Kier molecular flexibility index (Phi) is 2.58. The molecular weight excluding hydrogens is 197 g/mol. The Morgan fingerprint density at radius 3 is 3.13 bits per heavy atom. The molecule has 0 aliphatic carbocycles. The molecule has 2 rings (SSSR count). The van der Waals surface area contributed by atoms with Crippen molar-refractivity contribution in [3.05, 3.63) is 29.6 Å². The Labute approximate surface area is 87.2 Å². The Bertz CT molecular complexity index is 392. The largest absolute Gasteiger partial charge is 0.464 e. The first-order valence-corrected chi connectivity index (χ1v) is 4.93. The van der Waals surface area contributed by atoms with Gasteiger partial charge in [0.25, 0.3) is 0 Å². The smallest absolute Gasteiger partial charge is 0.328 e. The average Bonchev–Trinajstić information content (AvgIpc) is 2.63. The highest BCUT2D eigenvalue weighted by Crippen LogP contribution is 2.28. The van der Waals surface area contributed by atoms with Gasteiger partial charge in [0.2, 0.25) is 0 Å². The van der Waals surface area contributed by atoms with Crippen LogP contribution in [0.4, 0.5) is 10.1 Å². The fourth-order valence-electron chi connectivity index (χ4n) is 1.73. The molecule has 80 valence electrons. The normalized spacial score (nSPS) is 18.1. The number of nitrogens with one attached hydrogen (secondary N) is 1. The number of hydrogen-bond donors (Lipinski definition) is 1. The second-order valence-corrected chi connectivity index (χ2v) is 3.42. The summed E-state index contributed by atoms with van der Waals surface area (Å²) in [5, 5.41) is 2.95. The molecule has 3 nitrogen and oxygen atoms in total. The molecule has 0 radical (unpaired) electrons. The van der Waals surface area contributed by atoms with E-state index < -0.39 is 6.04 Å². The number of rotatable bonds is 2. The Hall–Kier alpha value is -1.58. The summed E-state index contributed by atoms with van der Waals surface area (Å²) in [4.78, 5) is 11.4. The highest BCUT2D eigenvalue weighted by molar-refractivity contribution is 5.82. The molecule has 0 fully saturated rings. The van der Waals surface area contributed by atoms with Crippen LogP contribution < -0.4 is 5.32 Å². The number of carbonyl (C=O) groups excluding carboxylic acids is 1. The van der Waals surface area contributed by atoms with E-state index in [1.54, 1.807) is 19.1 Å². The number of esters is 1. The summed E-state index contributed by atoms with van der Waals surface area (Å²) in [5.41, 5.74) is 1.25. The zero-order valence-corrected chi connectivity index (χ0v) is 8.42. The molecule has 0 aromatic heterocycles. The molecule has 1 N–H and O–H groups in total. The van der Waals surface area contributed by atoms with Crippen molar-refractivity contribution < 1.29 is 13.9 Å². The minimum atomic E-state index is -0.447. The standard InChI is InChI=1S/C11H12FNO2/c1-2-15-11(14)10-6-7-8(12)4-3-5-9(7)13-10/h3-5,10,13H,2,6H2,1H3/t10-/m1/s1. The number of anilines is 1. The molecule has 1 heterocycles. The van der Waals surface area contributed by atoms with Gasteiger partial charge in [0.15, 0.2) is 0 Å². The number of fused-ring (bicyclic) bond motifs is 1. The van der Waals surface area contributed by atoms with Gasteiger partial charge in [-0.2, -0.15) is 0 Å². The molecule has 1 aromatic rings. The van der Waals surface area contributed by atoms with Crippen molar-refractivity contribution in [3.8, 4) is 0 Å². The lowest BCUT2D eigenvalue weighted by Gasteiger charge is -2.09. The summed E-state index contributed by atoms with van der Waals surface area (Å²) in [5.74, 6) is -0.597. The van der Waals surface area contributed by atoms with Gasteiger partial charge in [0.1, 0.15) is 11.9 Å². The summed E-state index contributed by atoms with van der Waals surface area (Å²) in [6.45, 7) is 2.09. The lowest BCUT2D eigenvalue weighted by molar-refractivity contribution is -0.143. The van der Waals surface area contributed by atoms with E-state index in [0.29, 0.717) is 24.3 Å². The maximum Gasteiger partial charge on any atom is 0.328 e. The average molecular weight is 209 g/mol. The first-order valence-electron chi connectivity index (χ1n) is 4.93. The fraction of sp³-hybridized carbons (Fsp3) is 0.364. The van der Waals surface area contributed by atoms with Crippen LogP contribution in [0.25, 0.3) is 0 Å². The van der Waals surface area contributed by atoms with Gasteiger partial charge in [0.05, 0.1) is 6.61 Å². The third-order valence-corrected chi connectivity index (χ3v) is 2.43. The lowest BCUT2D eigenvalue weighted by atomic mass is 10.1. The summed E-state index contributed by atoms with van der Waals surface area (Å²) in [7, 11) is 0. The topological polar surface area (TPSA) is 38.3 Å². The van der Waals surface area contributed by atoms with Gasteiger partial charge >= 0.3 is 5.97 Å². The molecule has 0 unspecified atom stereocenters. The van der Waals surface area contributed by atoms with E-state index in [4.69, 9.17) is 4.74 Å². The monoisotopic (exact) mass is 209 g/mol. The Morgan fingerprint density at radius 1 is 1.67 bits per heavy atom. The molecule has 1 aromatic carbocycles. The summed E-state index contributed by atoms with van der Waals surface area (Å²) < 4.78 is 18.2. The summed E-state index contributed by atoms with van der Waals surface area (Å²) in [6, 6.07) is 4.33. The van der Waals surface area contributed by atoms with Crippen molar-refractivity contribution in [1.82, 2.24) is 0 Å². The minimum Gasteiger partial charge on any atom is -0.464 e. The van der Waals surface area contributed by atoms with Crippen molar-refractivity contribution in [3.63, 3.8) is 0 Å². The quantitative estimate of drug-likeness (QED) is 0.754. The SMILES string of the molecule is CCOC(=O)[C@H]1Cc2c(F)cccc2N1. The van der Waals surface area contributed by atoms with E-state index in [-0.39, 0.29) is 11.8 Å². The molecule has 0 bridgehead atoms. The summed E-state index contributed by atoms with van der Waals surface area (Å²) >= 11 is 0. The van der Waals surface area contributed by atoms with Crippen LogP contribution in [0.5, 0.6) is 0 Å². The van der Waals surface area contributed by atoms with Crippen LogP contribution in [0.3, 0.4) is 0 Å². The molecule has 1 atom stereocenters. The van der Waals surface area contributed by atoms with Gasteiger partial charge < -0.3 is 10.1 Å². The van der Waals surface area contributed by atoms with Gasteiger partial charge in [0, 0.05) is 17.7 Å². The number of halogens is 1. The predicted octanol–water partition coefficient (Wildman–Crippen LogP) is 1.73. The van der Waals surface area contributed by atoms with Crippen molar-refractivity contribution >= 4 is 11.7 Å². The zero-order chi connectivity index (χ0) is 10.8. The zero-order valence-electron chi connectivity index (χ0n) is 8.42. The molecule has 1 aliphatic rings. The van der Waals surface area contributed by atoms with Gasteiger partial charge in [-0.3, -0.25) is 0 Å². The molecule has 0 spiro atoms. The summed E-state index contributed by atoms with van der Waals surface area (Å²) in [6.07, 6.45) is 0.362. The van der Waals surface area contributed by atoms with Crippen LogP contribution in [-0.4, -0.2) is 18.6 Å². The number of hydrogen-bond acceptors (Lipinski definition) is 3. The third-order valence-electron chi connectivity index (χ3n) is 2.43. The van der Waals surface area contributed by atoms with Crippen molar-refractivity contribution in [1.29, 1.82) is 0 Å². The molecule has 15 heavy (non-hydrogen) atoms. The fourth-order valence-corrected chi connectivity index (χ4v) is 1.73. The Morgan fingerprint density at radius 2 is 2.47 bits per heavy atom. The molecule has 0 saturated heterocycles. The van der Waals surface area contributed by atoms with Crippen molar-refractivity contribution in [2.24, 2.45) is 0 Å². The molecular formula is C11H12FNO2. The number of ether oxygens (including phenoxy) is 1. The van der Waals surface area contributed by atoms with E-state index in [9.17, 15) is 9.18 Å². The third kappa shape index (κ3) is 1.79. The van der Waals surface area contributed by atoms with Gasteiger partial charge in [-0.15, -0.1) is 0 Å². The van der Waals surface area contributed by atoms with Crippen LogP contribution in [0.2, 0.25) is 0 Å². The molecule has 1 aliphatic heterocycles. The second-order valence-electron chi connectivity index (χ2n) is 3.42. The first kappa shape index (κ1) is 9.96. The number of benzene rings is 1. The van der Waals surface area contributed by atoms with Crippen LogP contribution in [0.15, 0.2) is 18.2 Å². The van der Waals surface area contributed by atoms with Gasteiger partial charge in [-0.1, -0.05) is 6.07 Å². The van der Waals surface area contributed by atoms with E-state index in [1.807, 2.05) is 0 Å². The van der Waals surface area contributed by atoms with Crippen LogP contribution in [-0.2, 0) is 16.0 Å². The van der Waals surface area contributed by atoms with Crippen LogP contribution in [0, 0.1) is 5.82 Å². The molecule has 4 heteroatoms. The van der Waals surface area contributed by atoms with Crippen LogP contribution in [0.1, 0.15) is 12.5 Å². The second kappa shape index (κ2) is 3.88. The number of carbonyl (C=O) groups is 1. The van der Waals surface area contributed by atoms with Crippen molar-refractivity contribution in [2.45, 2.75) is 19.4 Å². The minimum absolute atomic E-state index is 0.271. The van der Waals surface area contributed by atoms with E-state index in [1.165, 1.54) is 6.07 Å². The van der Waals surface area contributed by atoms with E-state index >= 15 is 0 Å². The predicted molar refractivity (Wildman–Crippen MR) is 54.1 cm³/mol. The maximum absolute atomic E-state index is 13.3.